The van der Waals surface area contributed by atoms with Gasteiger partial charge in [0.2, 0.25) is 0 Å². The quantitative estimate of drug-likeness (QED) is 0.872. The molecule has 0 unspecified atom stereocenters. The maximum atomic E-state index is 13.1. The molecule has 0 radical (unpaired) electrons. The van der Waals surface area contributed by atoms with Crippen molar-refractivity contribution in [2.75, 3.05) is 13.1 Å². The zero-order chi connectivity index (χ0) is 18.4. The fourth-order valence-corrected chi connectivity index (χ4v) is 5.13. The first kappa shape index (κ1) is 16.9. The number of likely N-dealkylation sites (tertiary alicyclic amines) is 1. The van der Waals surface area contributed by atoms with E-state index in [1.54, 1.807) is 17.2 Å². The molecule has 1 amide bonds. The number of rotatable bonds is 2. The van der Waals surface area contributed by atoms with Crippen LogP contribution in [0.4, 0.5) is 0 Å². The molecule has 7 heteroatoms. The second-order valence-electron chi connectivity index (χ2n) is 8.25. The van der Waals surface area contributed by atoms with Crippen molar-refractivity contribution in [3.05, 3.63) is 41.7 Å². The number of aromatic nitrogens is 4. The first-order valence-electron chi connectivity index (χ1n) is 9.98. The maximum absolute atomic E-state index is 13.1. The standard InChI is InChI=1S/C20H25N5O2/c26-19-7-16-10-24(9-15(16)6-18(19)25-12-21-11-23-25)20(27)14-5-13-3-1-2-4-17(13)22-8-14/h5,8,11-12,15-16,18-19,26H,1-4,6-7,9-10H2/t15-,16+,18-,19-/m1/s1. The molecule has 2 aliphatic carbocycles. The van der Waals surface area contributed by atoms with Gasteiger partial charge in [-0.1, -0.05) is 0 Å². The molecule has 2 aromatic rings. The number of hydrogen-bond acceptors (Lipinski definition) is 5. The Labute approximate surface area is 158 Å². The Hall–Kier alpha value is -2.28. The van der Waals surface area contributed by atoms with Gasteiger partial charge in [0.05, 0.1) is 17.7 Å². The number of carbonyl (C=O) groups excluding carboxylic acids is 1. The summed E-state index contributed by atoms with van der Waals surface area (Å²) in [5.41, 5.74) is 3.11. The third kappa shape index (κ3) is 3.04. The molecule has 7 nitrogen and oxygen atoms in total. The van der Waals surface area contributed by atoms with Crippen molar-refractivity contribution in [3.63, 3.8) is 0 Å². The molecule has 1 aliphatic heterocycles. The van der Waals surface area contributed by atoms with Gasteiger partial charge in [-0.2, -0.15) is 5.10 Å². The minimum Gasteiger partial charge on any atom is -0.391 e. The zero-order valence-electron chi connectivity index (χ0n) is 15.4. The van der Waals surface area contributed by atoms with E-state index in [-0.39, 0.29) is 11.9 Å². The predicted octanol–water partition coefficient (Wildman–Crippen LogP) is 1.64. The fraction of sp³-hybridized carbons (Fsp3) is 0.600. The van der Waals surface area contributed by atoms with Gasteiger partial charge in [0, 0.05) is 25.0 Å². The molecule has 1 saturated carbocycles. The molecule has 0 spiro atoms. The third-order valence-electron chi connectivity index (χ3n) is 6.59. The molecule has 0 bridgehead atoms. The van der Waals surface area contributed by atoms with Crippen LogP contribution in [0.25, 0.3) is 0 Å². The highest BCUT2D eigenvalue weighted by molar-refractivity contribution is 5.94. The summed E-state index contributed by atoms with van der Waals surface area (Å²) in [6.07, 6.45) is 10.5. The highest BCUT2D eigenvalue weighted by Crippen LogP contribution is 2.41. The lowest BCUT2D eigenvalue weighted by Gasteiger charge is -2.34. The second kappa shape index (κ2) is 6.71. The van der Waals surface area contributed by atoms with E-state index in [1.807, 2.05) is 4.90 Å². The largest absolute Gasteiger partial charge is 0.391 e. The van der Waals surface area contributed by atoms with Gasteiger partial charge in [-0.15, -0.1) is 0 Å². The van der Waals surface area contributed by atoms with Gasteiger partial charge in [-0.3, -0.25) is 9.78 Å². The highest BCUT2D eigenvalue weighted by atomic mass is 16.3. The summed E-state index contributed by atoms with van der Waals surface area (Å²) in [6.45, 7) is 1.47. The average Bonchev–Trinajstić information content (AvgIpc) is 3.35. The minimum absolute atomic E-state index is 0.0470. The molecule has 1 N–H and O–H groups in total. The minimum atomic E-state index is -0.437. The van der Waals surface area contributed by atoms with Crippen molar-refractivity contribution in [2.24, 2.45) is 11.8 Å². The van der Waals surface area contributed by atoms with Gasteiger partial charge >= 0.3 is 0 Å². The molecule has 0 aromatic carbocycles. The van der Waals surface area contributed by atoms with Gasteiger partial charge in [0.1, 0.15) is 12.7 Å². The van der Waals surface area contributed by atoms with Gasteiger partial charge in [-0.25, -0.2) is 9.67 Å². The van der Waals surface area contributed by atoms with Gasteiger partial charge in [-0.05, 0) is 62.0 Å². The van der Waals surface area contributed by atoms with Crippen molar-refractivity contribution in [3.8, 4) is 0 Å². The number of fused-ring (bicyclic) bond motifs is 2. The SMILES string of the molecule is O=C(c1cnc2c(c1)CCCC2)N1C[C@H]2C[C@@H](n3cncn3)[C@H](O)C[C@H]2C1. The van der Waals surface area contributed by atoms with E-state index in [4.69, 9.17) is 0 Å². The lowest BCUT2D eigenvalue weighted by Crippen LogP contribution is -2.36. The van der Waals surface area contributed by atoms with Gasteiger partial charge in [0.25, 0.3) is 5.91 Å². The third-order valence-corrected chi connectivity index (χ3v) is 6.59. The van der Waals surface area contributed by atoms with Crippen LogP contribution in [-0.2, 0) is 12.8 Å². The number of aliphatic hydroxyl groups excluding tert-OH is 1. The summed E-state index contributed by atoms with van der Waals surface area (Å²) >= 11 is 0. The zero-order valence-corrected chi connectivity index (χ0v) is 15.4. The molecule has 5 rings (SSSR count). The van der Waals surface area contributed by atoms with Crippen LogP contribution in [0.2, 0.25) is 0 Å². The highest BCUT2D eigenvalue weighted by Gasteiger charge is 2.44. The Balaban J connectivity index is 1.31. The van der Waals surface area contributed by atoms with Gasteiger partial charge < -0.3 is 10.0 Å². The number of carbonyl (C=O) groups is 1. The van der Waals surface area contributed by atoms with E-state index in [9.17, 15) is 9.90 Å². The van der Waals surface area contributed by atoms with Crippen LogP contribution >= 0.6 is 0 Å². The van der Waals surface area contributed by atoms with Crippen LogP contribution < -0.4 is 0 Å². The maximum Gasteiger partial charge on any atom is 0.255 e. The fourth-order valence-electron chi connectivity index (χ4n) is 5.13. The van der Waals surface area contributed by atoms with Crippen LogP contribution in [0, 0.1) is 11.8 Å². The van der Waals surface area contributed by atoms with Crippen molar-refractivity contribution < 1.29 is 9.90 Å². The summed E-state index contributed by atoms with van der Waals surface area (Å²) in [7, 11) is 0. The molecule has 4 atom stereocenters. The van der Waals surface area contributed by atoms with E-state index in [1.165, 1.54) is 24.7 Å². The lowest BCUT2D eigenvalue weighted by molar-refractivity contribution is 0.0304. The normalized spacial score (nSPS) is 30.0. The summed E-state index contributed by atoms with van der Waals surface area (Å²) < 4.78 is 1.76. The van der Waals surface area contributed by atoms with E-state index in [0.29, 0.717) is 23.8 Å². The molecule has 3 aliphatic rings. The first-order chi connectivity index (χ1) is 13.2. The Kier molecular flexibility index (Phi) is 4.19. The first-order valence-corrected chi connectivity index (χ1v) is 9.98. The molecule has 27 heavy (non-hydrogen) atoms. The Morgan fingerprint density at radius 2 is 1.96 bits per heavy atom. The van der Waals surface area contributed by atoms with E-state index in [0.717, 1.165) is 38.0 Å². The van der Waals surface area contributed by atoms with E-state index >= 15 is 0 Å². The molecular formula is C20H25N5O2. The molecule has 2 aromatic heterocycles. The van der Waals surface area contributed by atoms with Crippen molar-refractivity contribution in [1.29, 1.82) is 0 Å². The summed E-state index contributed by atoms with van der Waals surface area (Å²) in [4.78, 5) is 23.6. The summed E-state index contributed by atoms with van der Waals surface area (Å²) in [5.74, 6) is 0.837. The Morgan fingerprint density at radius 3 is 2.78 bits per heavy atom. The van der Waals surface area contributed by atoms with Crippen LogP contribution in [-0.4, -0.2) is 54.9 Å². The van der Waals surface area contributed by atoms with Crippen LogP contribution in [0.3, 0.4) is 0 Å². The monoisotopic (exact) mass is 367 g/mol. The van der Waals surface area contributed by atoms with Crippen molar-refractivity contribution in [1.82, 2.24) is 24.6 Å². The molecule has 2 fully saturated rings. The van der Waals surface area contributed by atoms with Crippen molar-refractivity contribution >= 4 is 5.91 Å². The predicted molar refractivity (Wildman–Crippen MR) is 98.1 cm³/mol. The van der Waals surface area contributed by atoms with Crippen molar-refractivity contribution in [2.45, 2.75) is 50.7 Å². The summed E-state index contributed by atoms with van der Waals surface area (Å²) in [5, 5.41) is 14.8. The number of amides is 1. The molecule has 1 saturated heterocycles. The van der Waals surface area contributed by atoms with Crippen LogP contribution in [0.1, 0.15) is 53.3 Å². The number of hydrogen-bond donors (Lipinski definition) is 1. The van der Waals surface area contributed by atoms with Crippen LogP contribution in [0.15, 0.2) is 24.9 Å². The molecule has 3 heterocycles. The number of pyridine rings is 1. The topological polar surface area (TPSA) is 84.1 Å². The van der Waals surface area contributed by atoms with Gasteiger partial charge in [0.15, 0.2) is 0 Å². The van der Waals surface area contributed by atoms with E-state index in [2.05, 4.69) is 21.1 Å². The number of nitrogens with zero attached hydrogens (tertiary/aromatic N) is 5. The second-order valence-corrected chi connectivity index (χ2v) is 8.25. The smallest absolute Gasteiger partial charge is 0.255 e. The van der Waals surface area contributed by atoms with E-state index < -0.39 is 6.10 Å². The Morgan fingerprint density at radius 1 is 1.15 bits per heavy atom. The van der Waals surface area contributed by atoms with Crippen LogP contribution in [0.5, 0.6) is 0 Å². The lowest BCUT2D eigenvalue weighted by atomic mass is 9.77. The Bertz CT molecular complexity index is 837. The average molecular weight is 367 g/mol. The molecule has 142 valence electrons. The molecular weight excluding hydrogens is 342 g/mol. The number of aliphatic hydroxyl groups is 1. The number of aryl methyl sites for hydroxylation is 2. The summed E-state index contributed by atoms with van der Waals surface area (Å²) in [6, 6.07) is 2.01.